The monoisotopic (exact) mass is 218 g/mol. The van der Waals surface area contributed by atoms with E-state index in [1.54, 1.807) is 0 Å². The molecule has 0 aromatic heterocycles. The van der Waals surface area contributed by atoms with E-state index in [1.165, 1.54) is 32.1 Å². The standard InChI is InChI=1S/C11H22O2S/c14-9-5-1-3-7-12-10-11-6-2-4-8-13-11/h11,14H,1-10H2. The molecular weight excluding hydrogens is 196 g/mol. The fraction of sp³-hybridized carbons (Fsp3) is 1.00. The zero-order valence-corrected chi connectivity index (χ0v) is 9.81. The van der Waals surface area contributed by atoms with Crippen LogP contribution < -0.4 is 0 Å². The predicted octanol–water partition coefficient (Wildman–Crippen LogP) is 2.67. The smallest absolute Gasteiger partial charge is 0.0808 e. The number of thiol groups is 1. The first-order valence-corrected chi connectivity index (χ1v) is 6.37. The van der Waals surface area contributed by atoms with Crippen LogP contribution in [0.2, 0.25) is 0 Å². The summed E-state index contributed by atoms with van der Waals surface area (Å²) < 4.78 is 11.1. The minimum Gasteiger partial charge on any atom is -0.379 e. The van der Waals surface area contributed by atoms with Crippen LogP contribution in [0.25, 0.3) is 0 Å². The van der Waals surface area contributed by atoms with E-state index >= 15 is 0 Å². The molecule has 1 aliphatic rings. The third-order valence-corrected chi connectivity index (χ3v) is 2.84. The van der Waals surface area contributed by atoms with Gasteiger partial charge < -0.3 is 9.47 Å². The molecule has 0 aliphatic carbocycles. The van der Waals surface area contributed by atoms with E-state index in [2.05, 4.69) is 12.6 Å². The summed E-state index contributed by atoms with van der Waals surface area (Å²) in [6.45, 7) is 2.60. The topological polar surface area (TPSA) is 18.5 Å². The zero-order chi connectivity index (χ0) is 10.1. The highest BCUT2D eigenvalue weighted by molar-refractivity contribution is 7.80. The second-order valence-electron chi connectivity index (χ2n) is 3.85. The number of unbranched alkanes of at least 4 members (excludes halogenated alkanes) is 2. The molecule has 0 spiro atoms. The average molecular weight is 218 g/mol. The molecule has 14 heavy (non-hydrogen) atoms. The third kappa shape index (κ3) is 5.89. The Morgan fingerprint density at radius 2 is 2.14 bits per heavy atom. The Kier molecular flexibility index (Phi) is 7.55. The highest BCUT2D eigenvalue weighted by Gasteiger charge is 2.13. The van der Waals surface area contributed by atoms with E-state index in [0.29, 0.717) is 6.10 Å². The van der Waals surface area contributed by atoms with Gasteiger partial charge in [0.2, 0.25) is 0 Å². The van der Waals surface area contributed by atoms with Gasteiger partial charge in [-0.3, -0.25) is 0 Å². The van der Waals surface area contributed by atoms with Crippen LogP contribution in [0.4, 0.5) is 0 Å². The third-order valence-electron chi connectivity index (χ3n) is 2.52. The molecule has 0 aromatic carbocycles. The molecule has 0 aromatic rings. The van der Waals surface area contributed by atoms with Crippen molar-refractivity contribution in [3.8, 4) is 0 Å². The quantitative estimate of drug-likeness (QED) is 0.523. The Bertz CT molecular complexity index is 124. The van der Waals surface area contributed by atoms with E-state index in [1.807, 2.05) is 0 Å². The molecule has 0 bridgehead atoms. The zero-order valence-electron chi connectivity index (χ0n) is 8.91. The molecule has 0 saturated carbocycles. The van der Waals surface area contributed by atoms with E-state index in [0.717, 1.165) is 32.0 Å². The molecule has 1 atom stereocenters. The lowest BCUT2D eigenvalue weighted by Gasteiger charge is -2.22. The Labute approximate surface area is 92.8 Å². The first-order valence-electron chi connectivity index (χ1n) is 5.73. The van der Waals surface area contributed by atoms with Gasteiger partial charge in [0, 0.05) is 13.2 Å². The van der Waals surface area contributed by atoms with Gasteiger partial charge in [-0.1, -0.05) is 6.42 Å². The van der Waals surface area contributed by atoms with Crippen molar-refractivity contribution in [3.63, 3.8) is 0 Å². The minimum atomic E-state index is 0.369. The molecule has 84 valence electrons. The SMILES string of the molecule is SCCCCCOCC1CCCCO1. The van der Waals surface area contributed by atoms with Crippen LogP contribution in [0.5, 0.6) is 0 Å². The lowest BCUT2D eigenvalue weighted by atomic mass is 10.1. The van der Waals surface area contributed by atoms with E-state index in [-0.39, 0.29) is 0 Å². The molecule has 1 rings (SSSR count). The molecular formula is C11H22O2S. The van der Waals surface area contributed by atoms with Crippen molar-refractivity contribution in [1.82, 2.24) is 0 Å². The summed E-state index contributed by atoms with van der Waals surface area (Å²) >= 11 is 4.17. The number of hydrogen-bond acceptors (Lipinski definition) is 3. The van der Waals surface area contributed by atoms with Crippen molar-refractivity contribution in [1.29, 1.82) is 0 Å². The van der Waals surface area contributed by atoms with Gasteiger partial charge in [-0.15, -0.1) is 0 Å². The summed E-state index contributed by atoms with van der Waals surface area (Å²) in [5, 5.41) is 0. The molecule has 1 aliphatic heterocycles. The first-order chi connectivity index (χ1) is 6.93. The largest absolute Gasteiger partial charge is 0.379 e. The number of ether oxygens (including phenoxy) is 2. The second kappa shape index (κ2) is 8.57. The molecule has 2 nitrogen and oxygen atoms in total. The van der Waals surface area contributed by atoms with Gasteiger partial charge in [0.1, 0.15) is 0 Å². The number of hydrogen-bond donors (Lipinski definition) is 1. The molecule has 1 unspecified atom stereocenters. The lowest BCUT2D eigenvalue weighted by Crippen LogP contribution is -2.24. The van der Waals surface area contributed by atoms with Gasteiger partial charge in [0.15, 0.2) is 0 Å². The van der Waals surface area contributed by atoms with E-state index < -0.39 is 0 Å². The molecule has 0 amide bonds. The van der Waals surface area contributed by atoms with Crippen molar-refractivity contribution in [2.45, 2.75) is 44.6 Å². The normalized spacial score (nSPS) is 22.5. The van der Waals surface area contributed by atoms with Gasteiger partial charge in [0.05, 0.1) is 12.7 Å². The molecule has 1 fully saturated rings. The molecule has 0 radical (unpaired) electrons. The van der Waals surface area contributed by atoms with Crippen molar-refractivity contribution in [3.05, 3.63) is 0 Å². The fourth-order valence-corrected chi connectivity index (χ4v) is 1.87. The highest BCUT2D eigenvalue weighted by atomic mass is 32.1. The van der Waals surface area contributed by atoms with Crippen molar-refractivity contribution >= 4 is 12.6 Å². The first kappa shape index (κ1) is 12.3. The lowest BCUT2D eigenvalue weighted by molar-refractivity contribution is -0.0410. The van der Waals surface area contributed by atoms with Crippen molar-refractivity contribution in [2.24, 2.45) is 0 Å². The van der Waals surface area contributed by atoms with Gasteiger partial charge >= 0.3 is 0 Å². The van der Waals surface area contributed by atoms with Gasteiger partial charge in [-0.05, 0) is 37.9 Å². The summed E-state index contributed by atoms with van der Waals surface area (Å²) in [6, 6.07) is 0. The Balaban J connectivity index is 1.82. The van der Waals surface area contributed by atoms with Crippen LogP contribution >= 0.6 is 12.6 Å². The molecule has 0 N–H and O–H groups in total. The average Bonchev–Trinajstić information content (AvgIpc) is 2.25. The maximum Gasteiger partial charge on any atom is 0.0808 e. The maximum atomic E-state index is 5.57. The van der Waals surface area contributed by atoms with Crippen LogP contribution in [0.3, 0.4) is 0 Å². The second-order valence-corrected chi connectivity index (χ2v) is 4.29. The summed E-state index contributed by atoms with van der Waals surface area (Å²) in [5.74, 6) is 0.992. The van der Waals surface area contributed by atoms with Crippen molar-refractivity contribution < 1.29 is 9.47 Å². The van der Waals surface area contributed by atoms with Crippen molar-refractivity contribution in [2.75, 3.05) is 25.6 Å². The van der Waals surface area contributed by atoms with Gasteiger partial charge in [-0.25, -0.2) is 0 Å². The maximum absolute atomic E-state index is 5.57. The summed E-state index contributed by atoms with van der Waals surface area (Å²) in [6.07, 6.45) is 7.66. The molecule has 1 saturated heterocycles. The van der Waals surface area contributed by atoms with Crippen LogP contribution in [-0.4, -0.2) is 31.7 Å². The minimum absolute atomic E-state index is 0.369. The van der Waals surface area contributed by atoms with E-state index in [4.69, 9.17) is 9.47 Å². The highest BCUT2D eigenvalue weighted by Crippen LogP contribution is 2.12. The molecule has 1 heterocycles. The van der Waals surface area contributed by atoms with Gasteiger partial charge in [-0.2, -0.15) is 12.6 Å². The van der Waals surface area contributed by atoms with Crippen LogP contribution in [0.1, 0.15) is 38.5 Å². The van der Waals surface area contributed by atoms with Crippen LogP contribution in [0.15, 0.2) is 0 Å². The van der Waals surface area contributed by atoms with Crippen LogP contribution in [0, 0.1) is 0 Å². The summed E-state index contributed by atoms with van der Waals surface area (Å²) in [5.41, 5.74) is 0. The number of rotatable bonds is 7. The predicted molar refractivity (Wildman–Crippen MR) is 62.1 cm³/mol. The van der Waals surface area contributed by atoms with E-state index in [9.17, 15) is 0 Å². The fourth-order valence-electron chi connectivity index (χ4n) is 1.65. The van der Waals surface area contributed by atoms with Gasteiger partial charge in [0.25, 0.3) is 0 Å². The Morgan fingerprint density at radius 1 is 1.21 bits per heavy atom. The molecule has 3 heteroatoms. The van der Waals surface area contributed by atoms with Crippen LogP contribution in [-0.2, 0) is 9.47 Å². The summed E-state index contributed by atoms with van der Waals surface area (Å²) in [7, 11) is 0. The Hall–Kier alpha value is 0.270. The summed E-state index contributed by atoms with van der Waals surface area (Å²) in [4.78, 5) is 0. The Morgan fingerprint density at radius 3 is 2.86 bits per heavy atom.